The van der Waals surface area contributed by atoms with Crippen LogP contribution in [0.1, 0.15) is 35.2 Å². The van der Waals surface area contributed by atoms with Gasteiger partial charge in [0.25, 0.3) is 5.91 Å². The van der Waals surface area contributed by atoms with E-state index in [1.807, 2.05) is 0 Å². The Kier molecular flexibility index (Phi) is 10.6. The van der Waals surface area contributed by atoms with Crippen molar-refractivity contribution in [3.05, 3.63) is 45.8 Å². The second-order valence-electron chi connectivity index (χ2n) is 5.67. The Balaban J connectivity index is 0.00000312. The minimum atomic E-state index is -0.763. The van der Waals surface area contributed by atoms with Crippen molar-refractivity contribution in [3.63, 3.8) is 0 Å². The van der Waals surface area contributed by atoms with E-state index in [9.17, 15) is 14.4 Å². The molecule has 144 valence electrons. The molecule has 0 unspecified atom stereocenters. The summed E-state index contributed by atoms with van der Waals surface area (Å²) in [6.07, 6.45) is 1.96. The average Bonchev–Trinajstić information content (AvgIpc) is 2.54. The number of amides is 2. The van der Waals surface area contributed by atoms with Gasteiger partial charge in [-0.25, -0.2) is 4.79 Å². The van der Waals surface area contributed by atoms with Gasteiger partial charge in [0.2, 0.25) is 5.91 Å². The Morgan fingerprint density at radius 3 is 2.54 bits per heavy atom. The van der Waals surface area contributed by atoms with E-state index in [1.54, 1.807) is 19.1 Å². The van der Waals surface area contributed by atoms with Crippen molar-refractivity contribution in [2.24, 2.45) is 11.5 Å². The van der Waals surface area contributed by atoms with Gasteiger partial charge in [-0.2, -0.15) is 0 Å². The molecule has 0 radical (unpaired) electrons. The van der Waals surface area contributed by atoms with Gasteiger partial charge in [0, 0.05) is 17.0 Å². The number of unbranched alkanes of at least 4 members (excludes halogenated alkanes) is 1. The maximum Gasteiger partial charge on any atom is 0.336 e. The number of halogens is 2. The first-order valence-electron chi connectivity index (χ1n) is 7.77. The summed E-state index contributed by atoms with van der Waals surface area (Å²) in [6.45, 7) is 2.32. The number of rotatable bonds is 6. The van der Waals surface area contributed by atoms with Crippen LogP contribution in [-0.4, -0.2) is 24.4 Å². The van der Waals surface area contributed by atoms with Crippen LogP contribution in [0.4, 0.5) is 0 Å². The first-order chi connectivity index (χ1) is 11.4. The van der Waals surface area contributed by atoms with Crippen LogP contribution in [0.3, 0.4) is 0 Å². The topological polar surface area (TPSA) is 128 Å². The van der Waals surface area contributed by atoms with Crippen molar-refractivity contribution < 1.29 is 14.0 Å². The molecule has 0 fully saturated rings. The van der Waals surface area contributed by atoms with Gasteiger partial charge < -0.3 is 15.9 Å². The van der Waals surface area contributed by atoms with Crippen molar-refractivity contribution in [1.82, 2.24) is 5.32 Å². The van der Waals surface area contributed by atoms with E-state index in [0.29, 0.717) is 18.5 Å². The first kappa shape index (κ1) is 24.5. The highest BCUT2D eigenvalue weighted by atomic mass is 79.9. The van der Waals surface area contributed by atoms with Gasteiger partial charge in [0.05, 0.1) is 6.04 Å². The van der Waals surface area contributed by atoms with Gasteiger partial charge in [-0.1, -0.05) is 12.5 Å². The molecule has 1 aromatic carbocycles. The van der Waals surface area contributed by atoms with Crippen molar-refractivity contribution in [2.75, 3.05) is 6.54 Å². The number of nitrogens with one attached hydrogen (secondary N) is 1. The van der Waals surface area contributed by atoms with E-state index in [0.717, 1.165) is 23.8 Å². The summed E-state index contributed by atoms with van der Waals surface area (Å²) < 4.78 is 5.09. The van der Waals surface area contributed by atoms with Crippen molar-refractivity contribution in [3.8, 4) is 0 Å². The second kappa shape index (κ2) is 11.2. The number of hydrogen-bond acceptors (Lipinski definition) is 6. The van der Waals surface area contributed by atoms with E-state index < -0.39 is 23.5 Å². The summed E-state index contributed by atoms with van der Waals surface area (Å²) in [6, 6.07) is 5.30. The number of carbonyl (C=O) groups excluding carboxylic acids is 2. The smallest absolute Gasteiger partial charge is 0.336 e. The average molecular weight is 493 g/mol. The van der Waals surface area contributed by atoms with E-state index >= 15 is 0 Å². The molecule has 2 rings (SSSR count). The molecule has 0 aliphatic carbocycles. The standard InChI is InChI=1S/C17H21N3O4.2BrH/c1-10-8-15(21)24-14-9-11(5-6-12(10)14)16(22)20-17(23)13(19)4-2-3-7-18;;/h5-6,8-9,13H,2-4,7,18-19H2,1H3,(H,20,22,23);2*1H/t13-;;/m0../s1. The zero-order valence-corrected chi connectivity index (χ0v) is 17.7. The normalized spacial score (nSPS) is 11.2. The predicted octanol–water partition coefficient (Wildman–Crippen LogP) is 1.97. The molecule has 0 bridgehead atoms. The highest BCUT2D eigenvalue weighted by Gasteiger charge is 2.17. The number of carbonyl (C=O) groups is 2. The van der Waals surface area contributed by atoms with Crippen LogP contribution < -0.4 is 22.4 Å². The predicted molar refractivity (Wildman–Crippen MR) is 111 cm³/mol. The zero-order chi connectivity index (χ0) is 17.7. The molecule has 0 aliphatic rings. The molecule has 1 atom stereocenters. The van der Waals surface area contributed by atoms with Crippen LogP contribution in [0.15, 0.2) is 33.5 Å². The molecule has 1 heterocycles. The lowest BCUT2D eigenvalue weighted by Crippen LogP contribution is -2.43. The molecule has 0 aliphatic heterocycles. The van der Waals surface area contributed by atoms with Gasteiger partial charge in [-0.3, -0.25) is 14.9 Å². The zero-order valence-electron chi connectivity index (χ0n) is 14.3. The molecule has 26 heavy (non-hydrogen) atoms. The monoisotopic (exact) mass is 491 g/mol. The van der Waals surface area contributed by atoms with Crippen LogP contribution in [0.5, 0.6) is 0 Å². The Hall–Kier alpha value is -1.55. The van der Waals surface area contributed by atoms with Crippen molar-refractivity contribution >= 4 is 56.7 Å². The molecule has 2 amide bonds. The fraction of sp³-hybridized carbons (Fsp3) is 0.353. The van der Waals surface area contributed by atoms with E-state index in [2.05, 4.69) is 5.32 Å². The van der Waals surface area contributed by atoms with Gasteiger partial charge in [0.1, 0.15) is 5.58 Å². The van der Waals surface area contributed by atoms with Crippen LogP contribution in [0.2, 0.25) is 0 Å². The highest BCUT2D eigenvalue weighted by Crippen LogP contribution is 2.18. The Bertz CT molecular complexity index is 823. The van der Waals surface area contributed by atoms with Crippen LogP contribution >= 0.6 is 34.0 Å². The molecule has 5 N–H and O–H groups in total. The summed E-state index contributed by atoms with van der Waals surface area (Å²) in [5, 5.41) is 3.00. The fourth-order valence-electron chi connectivity index (χ4n) is 2.38. The summed E-state index contributed by atoms with van der Waals surface area (Å²) >= 11 is 0. The lowest BCUT2D eigenvalue weighted by atomic mass is 10.1. The third kappa shape index (κ3) is 6.31. The number of fused-ring (bicyclic) bond motifs is 1. The molecule has 2 aromatic rings. The quantitative estimate of drug-likeness (QED) is 0.417. The Labute approximate surface area is 172 Å². The summed E-state index contributed by atoms with van der Waals surface area (Å²) in [5.74, 6) is -1.12. The number of hydrogen-bond donors (Lipinski definition) is 3. The van der Waals surface area contributed by atoms with Crippen molar-refractivity contribution in [2.45, 2.75) is 32.2 Å². The number of aryl methyl sites for hydroxylation is 1. The second-order valence-corrected chi connectivity index (χ2v) is 5.67. The molecule has 0 saturated heterocycles. The third-order valence-corrected chi connectivity index (χ3v) is 3.76. The van der Waals surface area contributed by atoms with Gasteiger partial charge in [-0.15, -0.1) is 34.0 Å². The van der Waals surface area contributed by atoms with Crippen molar-refractivity contribution in [1.29, 1.82) is 0 Å². The summed E-state index contributed by atoms with van der Waals surface area (Å²) in [7, 11) is 0. The van der Waals surface area contributed by atoms with Crippen LogP contribution in [-0.2, 0) is 4.79 Å². The largest absolute Gasteiger partial charge is 0.423 e. The lowest BCUT2D eigenvalue weighted by Gasteiger charge is -2.11. The minimum Gasteiger partial charge on any atom is -0.423 e. The molecule has 1 aromatic heterocycles. The first-order valence-corrected chi connectivity index (χ1v) is 7.77. The van der Waals surface area contributed by atoms with E-state index in [4.69, 9.17) is 15.9 Å². The number of nitrogens with two attached hydrogens (primary N) is 2. The van der Waals surface area contributed by atoms with E-state index in [-0.39, 0.29) is 39.5 Å². The highest BCUT2D eigenvalue weighted by molar-refractivity contribution is 8.93. The molecular formula is C17H23Br2N3O4. The van der Waals surface area contributed by atoms with Gasteiger partial charge in [-0.05, 0) is 44.0 Å². The van der Waals surface area contributed by atoms with Crippen LogP contribution in [0.25, 0.3) is 11.0 Å². The Morgan fingerprint density at radius 1 is 1.19 bits per heavy atom. The maximum atomic E-state index is 12.2. The SMILES string of the molecule is Br.Br.Cc1cc(=O)oc2cc(C(=O)NC(=O)[C@@H](N)CCCCN)ccc12. The van der Waals surface area contributed by atoms with Gasteiger partial charge >= 0.3 is 5.63 Å². The molecule has 7 nitrogen and oxygen atoms in total. The van der Waals surface area contributed by atoms with Gasteiger partial charge in [0.15, 0.2) is 0 Å². The fourth-order valence-corrected chi connectivity index (χ4v) is 2.38. The number of benzene rings is 1. The van der Waals surface area contributed by atoms with Crippen LogP contribution in [0, 0.1) is 6.92 Å². The number of imide groups is 1. The lowest BCUT2D eigenvalue weighted by molar-refractivity contribution is -0.121. The third-order valence-electron chi connectivity index (χ3n) is 3.76. The molecular weight excluding hydrogens is 470 g/mol. The van der Waals surface area contributed by atoms with E-state index in [1.165, 1.54) is 12.1 Å². The molecule has 0 saturated carbocycles. The molecule has 0 spiro atoms. The summed E-state index contributed by atoms with van der Waals surface area (Å²) in [4.78, 5) is 35.5. The minimum absolute atomic E-state index is 0. The maximum absolute atomic E-state index is 12.2. The summed E-state index contributed by atoms with van der Waals surface area (Å²) in [5.41, 5.74) is 11.9. The molecule has 9 heteroatoms. The Morgan fingerprint density at radius 2 is 1.88 bits per heavy atom.